The summed E-state index contributed by atoms with van der Waals surface area (Å²) in [6.07, 6.45) is 0. The van der Waals surface area contributed by atoms with E-state index in [1.165, 1.54) is 7.11 Å². The highest BCUT2D eigenvalue weighted by atomic mass is 32.2. The van der Waals surface area contributed by atoms with Crippen LogP contribution in [0.3, 0.4) is 0 Å². The molecule has 0 aliphatic rings. The van der Waals surface area contributed by atoms with E-state index in [0.717, 1.165) is 17.3 Å². The Kier molecular flexibility index (Phi) is 6.96. The summed E-state index contributed by atoms with van der Waals surface area (Å²) in [5.41, 5.74) is 0. The average Bonchev–Trinajstić information content (AvgIpc) is 2.03. The van der Waals surface area contributed by atoms with Gasteiger partial charge in [-0.25, -0.2) is 0 Å². The Morgan fingerprint density at radius 1 is 1.73 bits per heavy atom. The van der Waals surface area contributed by atoms with E-state index in [1.807, 2.05) is 6.92 Å². The number of carbonyl (C=O) groups excluding carboxylic acids is 1. The van der Waals surface area contributed by atoms with Crippen molar-refractivity contribution >= 4 is 30.4 Å². The topological polar surface area (TPSA) is 26.3 Å². The Bertz CT molecular complexity index is 117. The molecule has 0 saturated carbocycles. The monoisotopic (exact) mass is 194 g/mol. The summed E-state index contributed by atoms with van der Waals surface area (Å²) >= 11 is 5.79. The minimum absolute atomic E-state index is 0.00452. The molecule has 0 rings (SSSR count). The molecule has 0 aromatic rings. The van der Waals surface area contributed by atoms with Crippen molar-refractivity contribution < 1.29 is 9.53 Å². The molecule has 66 valence electrons. The van der Waals surface area contributed by atoms with Gasteiger partial charge in [0.1, 0.15) is 0 Å². The van der Waals surface area contributed by atoms with Gasteiger partial charge in [0.25, 0.3) is 0 Å². The average molecular weight is 194 g/mol. The second-order valence-electron chi connectivity index (χ2n) is 2.22. The van der Waals surface area contributed by atoms with E-state index < -0.39 is 0 Å². The first-order chi connectivity index (χ1) is 5.22. The molecule has 0 amide bonds. The number of rotatable bonds is 5. The maximum atomic E-state index is 10.9. The Labute approximate surface area is 77.5 Å². The number of hydrogen-bond acceptors (Lipinski definition) is 4. The predicted molar refractivity (Wildman–Crippen MR) is 52.4 cm³/mol. The first-order valence-corrected chi connectivity index (χ1v) is 5.27. The van der Waals surface area contributed by atoms with Gasteiger partial charge in [0.2, 0.25) is 0 Å². The van der Waals surface area contributed by atoms with Crippen LogP contribution in [0.1, 0.15) is 6.92 Å². The molecule has 0 fully saturated rings. The molecule has 0 aliphatic carbocycles. The highest BCUT2D eigenvalue weighted by molar-refractivity contribution is 8.00. The summed E-state index contributed by atoms with van der Waals surface area (Å²) in [5, 5.41) is 0. The van der Waals surface area contributed by atoms with Crippen molar-refractivity contribution in [1.29, 1.82) is 0 Å². The molecule has 0 spiro atoms. The van der Waals surface area contributed by atoms with Gasteiger partial charge in [-0.1, -0.05) is 6.92 Å². The standard InChI is InChI=1S/C7H14O2S2/c1-6(7(8)9-2)5-11-4-3-10/h6,10H,3-5H2,1-2H3. The zero-order valence-electron chi connectivity index (χ0n) is 6.87. The van der Waals surface area contributed by atoms with Crippen LogP contribution in [0.15, 0.2) is 0 Å². The summed E-state index contributed by atoms with van der Waals surface area (Å²) in [7, 11) is 1.42. The maximum Gasteiger partial charge on any atom is 0.309 e. The molecule has 0 aromatic heterocycles. The third kappa shape index (κ3) is 5.44. The predicted octanol–water partition coefficient (Wildman–Crippen LogP) is 1.46. The molecule has 11 heavy (non-hydrogen) atoms. The lowest BCUT2D eigenvalue weighted by Crippen LogP contribution is -2.15. The van der Waals surface area contributed by atoms with E-state index in [9.17, 15) is 4.79 Å². The van der Waals surface area contributed by atoms with Gasteiger partial charge in [-0.2, -0.15) is 24.4 Å². The minimum atomic E-state index is -0.128. The van der Waals surface area contributed by atoms with Crippen LogP contribution in [0, 0.1) is 5.92 Å². The highest BCUT2D eigenvalue weighted by Gasteiger charge is 2.11. The summed E-state index contributed by atoms with van der Waals surface area (Å²) in [5.74, 6) is 2.55. The van der Waals surface area contributed by atoms with Crippen LogP contribution in [0.2, 0.25) is 0 Å². The van der Waals surface area contributed by atoms with Crippen molar-refractivity contribution in [3.05, 3.63) is 0 Å². The lowest BCUT2D eigenvalue weighted by Gasteiger charge is -2.06. The van der Waals surface area contributed by atoms with E-state index in [4.69, 9.17) is 0 Å². The Morgan fingerprint density at radius 2 is 2.36 bits per heavy atom. The molecule has 0 saturated heterocycles. The summed E-state index contributed by atoms with van der Waals surface area (Å²) in [6.45, 7) is 1.87. The van der Waals surface area contributed by atoms with Crippen LogP contribution in [-0.2, 0) is 9.53 Å². The molecule has 2 nitrogen and oxygen atoms in total. The quantitative estimate of drug-likeness (QED) is 0.408. The first-order valence-electron chi connectivity index (χ1n) is 3.48. The van der Waals surface area contributed by atoms with E-state index in [2.05, 4.69) is 17.4 Å². The van der Waals surface area contributed by atoms with Gasteiger partial charge in [-0.15, -0.1) is 0 Å². The molecule has 1 unspecified atom stereocenters. The zero-order valence-corrected chi connectivity index (χ0v) is 8.58. The van der Waals surface area contributed by atoms with Crippen molar-refractivity contribution in [2.75, 3.05) is 24.4 Å². The molecular formula is C7H14O2S2. The molecular weight excluding hydrogens is 180 g/mol. The van der Waals surface area contributed by atoms with Gasteiger partial charge in [0.05, 0.1) is 13.0 Å². The van der Waals surface area contributed by atoms with Gasteiger partial charge in [0, 0.05) is 11.5 Å². The first kappa shape index (κ1) is 11.2. The third-order valence-corrected chi connectivity index (χ3v) is 2.96. The van der Waals surface area contributed by atoms with E-state index >= 15 is 0 Å². The fourth-order valence-electron chi connectivity index (χ4n) is 0.594. The van der Waals surface area contributed by atoms with Crippen molar-refractivity contribution in [2.24, 2.45) is 5.92 Å². The Morgan fingerprint density at radius 3 is 2.82 bits per heavy atom. The van der Waals surface area contributed by atoms with Crippen molar-refractivity contribution in [3.63, 3.8) is 0 Å². The molecule has 0 radical (unpaired) electrons. The number of methoxy groups -OCH3 is 1. The zero-order chi connectivity index (χ0) is 8.69. The van der Waals surface area contributed by atoms with Crippen LogP contribution < -0.4 is 0 Å². The van der Waals surface area contributed by atoms with Gasteiger partial charge >= 0.3 is 5.97 Å². The van der Waals surface area contributed by atoms with Crippen molar-refractivity contribution in [3.8, 4) is 0 Å². The van der Waals surface area contributed by atoms with Gasteiger partial charge in [-0.3, -0.25) is 4.79 Å². The van der Waals surface area contributed by atoms with Gasteiger partial charge in [-0.05, 0) is 5.75 Å². The number of carbonyl (C=O) groups is 1. The number of thiol groups is 1. The Hall–Kier alpha value is 0.170. The number of esters is 1. The largest absolute Gasteiger partial charge is 0.469 e. The second kappa shape index (κ2) is 6.85. The van der Waals surface area contributed by atoms with Crippen LogP contribution in [-0.4, -0.2) is 30.3 Å². The summed E-state index contributed by atoms with van der Waals surface area (Å²) in [4.78, 5) is 10.9. The number of thioether (sulfide) groups is 1. The van der Waals surface area contributed by atoms with Crippen LogP contribution in [0.25, 0.3) is 0 Å². The maximum absolute atomic E-state index is 10.9. The lowest BCUT2D eigenvalue weighted by molar-refractivity contribution is -0.143. The number of ether oxygens (including phenoxy) is 1. The number of hydrogen-bond donors (Lipinski definition) is 1. The molecule has 0 N–H and O–H groups in total. The molecule has 0 aliphatic heterocycles. The molecule has 0 aromatic carbocycles. The molecule has 0 heterocycles. The SMILES string of the molecule is COC(=O)C(C)CSCCS. The fraction of sp³-hybridized carbons (Fsp3) is 0.857. The van der Waals surface area contributed by atoms with Gasteiger partial charge < -0.3 is 4.74 Å². The van der Waals surface area contributed by atoms with E-state index in [0.29, 0.717) is 0 Å². The normalized spacial score (nSPS) is 12.6. The lowest BCUT2D eigenvalue weighted by atomic mass is 10.2. The third-order valence-electron chi connectivity index (χ3n) is 1.21. The van der Waals surface area contributed by atoms with Crippen molar-refractivity contribution in [1.82, 2.24) is 0 Å². The second-order valence-corrected chi connectivity index (χ2v) is 3.82. The molecule has 1 atom stereocenters. The summed E-state index contributed by atoms with van der Waals surface area (Å²) < 4.78 is 4.57. The highest BCUT2D eigenvalue weighted by Crippen LogP contribution is 2.09. The van der Waals surface area contributed by atoms with Gasteiger partial charge in [0.15, 0.2) is 0 Å². The van der Waals surface area contributed by atoms with Crippen LogP contribution in [0.5, 0.6) is 0 Å². The summed E-state index contributed by atoms with van der Waals surface area (Å²) in [6, 6.07) is 0. The molecule has 0 bridgehead atoms. The minimum Gasteiger partial charge on any atom is -0.469 e. The molecule has 4 heteroatoms. The van der Waals surface area contributed by atoms with Crippen LogP contribution in [0.4, 0.5) is 0 Å². The van der Waals surface area contributed by atoms with E-state index in [1.54, 1.807) is 11.8 Å². The van der Waals surface area contributed by atoms with Crippen LogP contribution >= 0.6 is 24.4 Å². The fourth-order valence-corrected chi connectivity index (χ4v) is 1.77. The van der Waals surface area contributed by atoms with E-state index in [-0.39, 0.29) is 11.9 Å². The smallest absolute Gasteiger partial charge is 0.309 e. The Balaban J connectivity index is 3.36. The van der Waals surface area contributed by atoms with Crippen molar-refractivity contribution in [2.45, 2.75) is 6.92 Å².